The number of hydrogen-bond donors (Lipinski definition) is 0. The van der Waals surface area contributed by atoms with Crippen LogP contribution in [0.25, 0.3) is 17.1 Å². The van der Waals surface area contributed by atoms with Gasteiger partial charge in [-0.05, 0) is 13.0 Å². The smallest absolute Gasteiger partial charge is 0.218 e. The summed E-state index contributed by atoms with van der Waals surface area (Å²) in [5.41, 5.74) is 3.01. The summed E-state index contributed by atoms with van der Waals surface area (Å²) in [6.45, 7) is 1.96. The lowest BCUT2D eigenvalue weighted by atomic mass is 10.1. The Labute approximate surface area is 116 Å². The quantitative estimate of drug-likeness (QED) is 0.731. The van der Waals surface area contributed by atoms with Gasteiger partial charge in [-0.1, -0.05) is 30.3 Å². The molecule has 1 aromatic carbocycles. The van der Waals surface area contributed by atoms with Crippen molar-refractivity contribution in [2.45, 2.75) is 6.92 Å². The summed E-state index contributed by atoms with van der Waals surface area (Å²) in [5.74, 6) is 1.20. The first-order chi connectivity index (χ1) is 9.78. The number of rotatable bonds is 3. The van der Waals surface area contributed by atoms with Gasteiger partial charge < -0.3 is 4.74 Å². The van der Waals surface area contributed by atoms with Crippen molar-refractivity contribution in [3.63, 3.8) is 0 Å². The molecule has 0 bridgehead atoms. The Morgan fingerprint density at radius 3 is 2.60 bits per heavy atom. The minimum atomic E-state index is 0.516. The van der Waals surface area contributed by atoms with E-state index in [1.807, 2.05) is 43.3 Å². The van der Waals surface area contributed by atoms with Crippen LogP contribution in [0.4, 0.5) is 0 Å². The summed E-state index contributed by atoms with van der Waals surface area (Å²) >= 11 is 0. The van der Waals surface area contributed by atoms with E-state index in [1.54, 1.807) is 17.9 Å². The van der Waals surface area contributed by atoms with Gasteiger partial charge in [-0.15, -0.1) is 0 Å². The summed E-state index contributed by atoms with van der Waals surface area (Å²) in [4.78, 5) is 8.28. The number of methoxy groups -OCH3 is 1. The molecule has 0 aliphatic rings. The van der Waals surface area contributed by atoms with Gasteiger partial charge in [-0.3, -0.25) is 0 Å². The molecule has 2 heterocycles. The fourth-order valence-corrected chi connectivity index (χ4v) is 2.05. The number of hydrogen-bond acceptors (Lipinski definition) is 4. The van der Waals surface area contributed by atoms with Gasteiger partial charge in [0.25, 0.3) is 0 Å². The maximum absolute atomic E-state index is 5.14. The predicted octanol–water partition coefficient (Wildman–Crippen LogP) is 2.65. The van der Waals surface area contributed by atoms with E-state index in [1.165, 1.54) is 6.33 Å². The summed E-state index contributed by atoms with van der Waals surface area (Å²) in [5, 5.41) is 4.50. The number of benzene rings is 1. The molecule has 0 radical (unpaired) electrons. The largest absolute Gasteiger partial charge is 0.481 e. The molecule has 0 unspecified atom stereocenters. The van der Waals surface area contributed by atoms with E-state index >= 15 is 0 Å². The summed E-state index contributed by atoms with van der Waals surface area (Å²) in [6, 6.07) is 13.9. The second-order valence-electron chi connectivity index (χ2n) is 4.37. The fraction of sp³-hybridized carbons (Fsp3) is 0.133. The van der Waals surface area contributed by atoms with Gasteiger partial charge >= 0.3 is 0 Å². The van der Waals surface area contributed by atoms with Crippen LogP contribution in [0.1, 0.15) is 5.69 Å². The minimum absolute atomic E-state index is 0.516. The molecule has 0 atom stereocenters. The van der Waals surface area contributed by atoms with Crippen molar-refractivity contribution < 1.29 is 4.74 Å². The molecule has 2 aromatic heterocycles. The van der Waals surface area contributed by atoms with E-state index in [9.17, 15) is 0 Å². The standard InChI is InChI=1S/C15H14N4O/c1-11-8-13(12-6-4-3-5-7-12)19(18-11)14-9-15(20-2)17-10-16-14/h3-10H,1-2H3. The second kappa shape index (κ2) is 5.13. The van der Waals surface area contributed by atoms with Crippen LogP contribution in [0.2, 0.25) is 0 Å². The van der Waals surface area contributed by atoms with Crippen molar-refractivity contribution in [2.75, 3.05) is 7.11 Å². The van der Waals surface area contributed by atoms with Crippen LogP contribution in [0.15, 0.2) is 48.8 Å². The first kappa shape index (κ1) is 12.3. The zero-order valence-corrected chi connectivity index (χ0v) is 11.3. The molecule has 0 aliphatic carbocycles. The van der Waals surface area contributed by atoms with Gasteiger partial charge in [-0.25, -0.2) is 14.6 Å². The highest BCUT2D eigenvalue weighted by molar-refractivity contribution is 5.62. The zero-order chi connectivity index (χ0) is 13.9. The third kappa shape index (κ3) is 2.25. The van der Waals surface area contributed by atoms with Crippen LogP contribution in [0, 0.1) is 6.92 Å². The van der Waals surface area contributed by atoms with E-state index in [-0.39, 0.29) is 0 Å². The Balaban J connectivity index is 2.14. The van der Waals surface area contributed by atoms with Gasteiger partial charge in [0.05, 0.1) is 18.5 Å². The van der Waals surface area contributed by atoms with Crippen LogP contribution in [0.5, 0.6) is 5.88 Å². The predicted molar refractivity (Wildman–Crippen MR) is 75.9 cm³/mol. The third-order valence-corrected chi connectivity index (χ3v) is 2.95. The first-order valence-electron chi connectivity index (χ1n) is 6.26. The lowest BCUT2D eigenvalue weighted by Crippen LogP contribution is -2.03. The monoisotopic (exact) mass is 266 g/mol. The van der Waals surface area contributed by atoms with Crippen LogP contribution in [-0.4, -0.2) is 26.9 Å². The Hall–Kier alpha value is -2.69. The lowest BCUT2D eigenvalue weighted by molar-refractivity contribution is 0.396. The van der Waals surface area contributed by atoms with E-state index in [4.69, 9.17) is 4.74 Å². The molecule has 20 heavy (non-hydrogen) atoms. The highest BCUT2D eigenvalue weighted by atomic mass is 16.5. The topological polar surface area (TPSA) is 52.8 Å². The highest BCUT2D eigenvalue weighted by Gasteiger charge is 2.11. The number of aryl methyl sites for hydroxylation is 1. The molecule has 0 N–H and O–H groups in total. The third-order valence-electron chi connectivity index (χ3n) is 2.95. The van der Waals surface area contributed by atoms with Crippen molar-refractivity contribution in [1.29, 1.82) is 0 Å². The molecule has 3 rings (SSSR count). The molecule has 0 spiro atoms. The molecule has 0 fully saturated rings. The Kier molecular flexibility index (Phi) is 3.16. The molecule has 0 amide bonds. The van der Waals surface area contributed by atoms with Crippen molar-refractivity contribution in [1.82, 2.24) is 19.7 Å². The second-order valence-corrected chi connectivity index (χ2v) is 4.37. The summed E-state index contributed by atoms with van der Waals surface area (Å²) in [6.07, 6.45) is 1.47. The number of ether oxygens (including phenoxy) is 1. The average Bonchev–Trinajstić information content (AvgIpc) is 2.90. The SMILES string of the molecule is COc1cc(-n2nc(C)cc2-c2ccccc2)ncn1. The Morgan fingerprint density at radius 2 is 1.85 bits per heavy atom. The van der Waals surface area contributed by atoms with E-state index in [2.05, 4.69) is 15.1 Å². The lowest BCUT2D eigenvalue weighted by Gasteiger charge is -2.07. The maximum atomic E-state index is 5.14. The van der Waals surface area contributed by atoms with Crippen molar-refractivity contribution in [2.24, 2.45) is 0 Å². The van der Waals surface area contributed by atoms with Gasteiger partial charge in [0.15, 0.2) is 5.82 Å². The van der Waals surface area contributed by atoms with E-state index in [0.717, 1.165) is 17.0 Å². The molecule has 100 valence electrons. The molecular weight excluding hydrogens is 252 g/mol. The first-order valence-corrected chi connectivity index (χ1v) is 6.26. The van der Waals surface area contributed by atoms with Gasteiger partial charge in [0, 0.05) is 11.6 Å². The maximum Gasteiger partial charge on any atom is 0.218 e. The Bertz CT molecular complexity index is 722. The van der Waals surface area contributed by atoms with Crippen LogP contribution < -0.4 is 4.74 Å². The number of aromatic nitrogens is 4. The fourth-order valence-electron chi connectivity index (χ4n) is 2.05. The van der Waals surface area contributed by atoms with Crippen LogP contribution in [-0.2, 0) is 0 Å². The molecule has 5 nitrogen and oxygen atoms in total. The summed E-state index contributed by atoms with van der Waals surface area (Å²) < 4.78 is 6.94. The Morgan fingerprint density at radius 1 is 1.05 bits per heavy atom. The molecule has 0 saturated heterocycles. The van der Waals surface area contributed by atoms with Crippen LogP contribution in [0.3, 0.4) is 0 Å². The number of nitrogens with zero attached hydrogens (tertiary/aromatic N) is 4. The van der Waals surface area contributed by atoms with Crippen molar-refractivity contribution >= 4 is 0 Å². The molecule has 5 heteroatoms. The molecule has 3 aromatic rings. The minimum Gasteiger partial charge on any atom is -0.481 e. The zero-order valence-electron chi connectivity index (χ0n) is 11.3. The van der Waals surface area contributed by atoms with E-state index < -0.39 is 0 Å². The summed E-state index contributed by atoms with van der Waals surface area (Å²) in [7, 11) is 1.58. The van der Waals surface area contributed by atoms with Crippen molar-refractivity contribution in [3.05, 3.63) is 54.5 Å². The van der Waals surface area contributed by atoms with E-state index in [0.29, 0.717) is 11.7 Å². The molecule has 0 saturated carbocycles. The highest BCUT2D eigenvalue weighted by Crippen LogP contribution is 2.23. The van der Waals surface area contributed by atoms with Crippen molar-refractivity contribution in [3.8, 4) is 23.0 Å². The van der Waals surface area contributed by atoms with Gasteiger partial charge in [0.2, 0.25) is 5.88 Å². The van der Waals surface area contributed by atoms with Gasteiger partial charge in [0.1, 0.15) is 6.33 Å². The molecular formula is C15H14N4O. The van der Waals surface area contributed by atoms with Gasteiger partial charge in [-0.2, -0.15) is 5.10 Å². The van der Waals surface area contributed by atoms with Crippen LogP contribution >= 0.6 is 0 Å². The average molecular weight is 266 g/mol. The normalized spacial score (nSPS) is 10.5. The molecule has 0 aliphatic heterocycles.